The van der Waals surface area contributed by atoms with Crippen LogP contribution < -0.4 is 5.32 Å². The van der Waals surface area contributed by atoms with Crippen molar-refractivity contribution in [3.63, 3.8) is 0 Å². The van der Waals surface area contributed by atoms with Crippen LogP contribution >= 0.6 is 0 Å². The Kier molecular flexibility index (Phi) is 7.38. The van der Waals surface area contributed by atoms with Crippen molar-refractivity contribution in [1.82, 2.24) is 10.2 Å². The summed E-state index contributed by atoms with van der Waals surface area (Å²) >= 11 is 0. The van der Waals surface area contributed by atoms with Crippen molar-refractivity contribution in [2.75, 3.05) is 39.4 Å². The van der Waals surface area contributed by atoms with Gasteiger partial charge in [-0.2, -0.15) is 13.2 Å². The molecule has 1 aromatic carbocycles. The third kappa shape index (κ3) is 6.07. The van der Waals surface area contributed by atoms with Crippen LogP contribution in [-0.2, 0) is 30.8 Å². The number of carbonyl (C=O) groups is 2. The first-order valence-electron chi connectivity index (χ1n) is 10.4. The molecule has 9 heteroatoms. The maximum atomic E-state index is 12.8. The molecule has 1 aliphatic carbocycles. The first kappa shape index (κ1) is 23.3. The smallest absolute Gasteiger partial charge is 0.416 e. The number of halogens is 3. The minimum absolute atomic E-state index is 0.0158. The number of esters is 1. The van der Waals surface area contributed by atoms with E-state index >= 15 is 0 Å². The van der Waals surface area contributed by atoms with Gasteiger partial charge in [-0.15, -0.1) is 0 Å². The third-order valence-electron chi connectivity index (χ3n) is 5.70. The number of amides is 1. The van der Waals surface area contributed by atoms with Gasteiger partial charge >= 0.3 is 12.1 Å². The minimum atomic E-state index is -4.43. The van der Waals surface area contributed by atoms with Crippen LogP contribution in [0.15, 0.2) is 36.4 Å². The predicted molar refractivity (Wildman–Crippen MR) is 107 cm³/mol. The summed E-state index contributed by atoms with van der Waals surface area (Å²) in [6.07, 6.45) is -2.79. The van der Waals surface area contributed by atoms with Gasteiger partial charge in [-0.25, -0.2) is 4.79 Å². The number of morpholine rings is 1. The van der Waals surface area contributed by atoms with Gasteiger partial charge in [0.05, 0.1) is 25.2 Å². The van der Waals surface area contributed by atoms with E-state index < -0.39 is 23.3 Å². The average molecular weight is 440 g/mol. The molecule has 6 nitrogen and oxygen atoms in total. The maximum absolute atomic E-state index is 12.8. The van der Waals surface area contributed by atoms with Gasteiger partial charge in [-0.3, -0.25) is 9.69 Å². The van der Waals surface area contributed by atoms with E-state index in [0.29, 0.717) is 44.7 Å². The van der Waals surface area contributed by atoms with Crippen LogP contribution in [0.3, 0.4) is 0 Å². The zero-order valence-electron chi connectivity index (χ0n) is 17.3. The predicted octanol–water partition coefficient (Wildman–Crippen LogP) is 3.02. The Morgan fingerprint density at radius 1 is 1.16 bits per heavy atom. The standard InChI is InChI=1S/C22H27F3N2O4/c1-16(15-19(28)26-9-10-27-11-13-30-14-12-27)20(29)31-21(7-2-8-21)17-3-5-18(6-4-17)22(23,24)25/h3-6H,1-2,7-15H2,(H,26,28). The molecular formula is C22H27F3N2O4. The molecule has 2 fully saturated rings. The molecule has 0 spiro atoms. The summed E-state index contributed by atoms with van der Waals surface area (Å²) in [5, 5.41) is 2.76. The second-order valence-electron chi connectivity index (χ2n) is 7.90. The Bertz CT molecular complexity index is 798. The van der Waals surface area contributed by atoms with Gasteiger partial charge in [-0.05, 0) is 37.0 Å². The number of rotatable bonds is 8. The highest BCUT2D eigenvalue weighted by atomic mass is 19.4. The van der Waals surface area contributed by atoms with Crippen LogP contribution in [0.25, 0.3) is 0 Å². The average Bonchev–Trinajstić information content (AvgIpc) is 2.70. The largest absolute Gasteiger partial charge is 0.451 e. The van der Waals surface area contributed by atoms with E-state index in [1.54, 1.807) is 0 Å². The molecule has 1 amide bonds. The van der Waals surface area contributed by atoms with E-state index in [2.05, 4.69) is 16.8 Å². The molecule has 3 rings (SSSR count). The van der Waals surface area contributed by atoms with Gasteiger partial charge in [0.2, 0.25) is 5.91 Å². The number of hydrogen-bond acceptors (Lipinski definition) is 5. The first-order chi connectivity index (χ1) is 14.7. The lowest BCUT2D eigenvalue weighted by Gasteiger charge is -2.41. The summed E-state index contributed by atoms with van der Waals surface area (Å²) in [4.78, 5) is 26.8. The molecule has 1 aliphatic heterocycles. The summed E-state index contributed by atoms with van der Waals surface area (Å²) < 4.78 is 49.3. The maximum Gasteiger partial charge on any atom is 0.416 e. The number of benzene rings is 1. The van der Waals surface area contributed by atoms with E-state index in [0.717, 1.165) is 31.6 Å². The highest BCUT2D eigenvalue weighted by Gasteiger charge is 2.43. The zero-order valence-corrected chi connectivity index (χ0v) is 17.3. The van der Waals surface area contributed by atoms with Crippen LogP contribution in [0.5, 0.6) is 0 Å². The Hall–Kier alpha value is -2.39. The highest BCUT2D eigenvalue weighted by Crippen LogP contribution is 2.45. The number of ether oxygens (including phenoxy) is 2. The molecule has 1 N–H and O–H groups in total. The Morgan fingerprint density at radius 3 is 2.35 bits per heavy atom. The van der Waals surface area contributed by atoms with Crippen LogP contribution in [0.4, 0.5) is 13.2 Å². The lowest BCUT2D eigenvalue weighted by molar-refractivity contribution is -0.167. The molecular weight excluding hydrogens is 413 g/mol. The molecule has 0 radical (unpaired) electrons. The van der Waals surface area contributed by atoms with Gasteiger partial charge in [-0.1, -0.05) is 18.7 Å². The number of alkyl halides is 3. The van der Waals surface area contributed by atoms with Crippen molar-refractivity contribution < 1.29 is 32.2 Å². The van der Waals surface area contributed by atoms with E-state index in [9.17, 15) is 22.8 Å². The van der Waals surface area contributed by atoms with Crippen LogP contribution in [0.2, 0.25) is 0 Å². The molecule has 0 atom stereocenters. The lowest BCUT2D eigenvalue weighted by atomic mass is 9.74. The molecule has 1 heterocycles. The van der Waals surface area contributed by atoms with Gasteiger partial charge in [0, 0.05) is 31.8 Å². The second kappa shape index (κ2) is 9.82. The molecule has 31 heavy (non-hydrogen) atoms. The second-order valence-corrected chi connectivity index (χ2v) is 7.90. The molecule has 2 aliphatic rings. The van der Waals surface area contributed by atoms with Crippen molar-refractivity contribution in [2.45, 2.75) is 37.5 Å². The quantitative estimate of drug-likeness (QED) is 0.497. The zero-order chi connectivity index (χ0) is 22.5. The topological polar surface area (TPSA) is 67.9 Å². The molecule has 170 valence electrons. The summed E-state index contributed by atoms with van der Waals surface area (Å²) in [6.45, 7) is 7.81. The molecule has 0 unspecified atom stereocenters. The van der Waals surface area contributed by atoms with Crippen molar-refractivity contribution in [2.24, 2.45) is 0 Å². The number of carbonyl (C=O) groups excluding carboxylic acids is 2. The minimum Gasteiger partial charge on any atom is -0.451 e. The summed E-state index contributed by atoms with van der Waals surface area (Å²) in [7, 11) is 0. The fraction of sp³-hybridized carbons (Fsp3) is 0.545. The van der Waals surface area contributed by atoms with Crippen molar-refractivity contribution in [1.29, 1.82) is 0 Å². The first-order valence-corrected chi connectivity index (χ1v) is 10.4. The van der Waals surface area contributed by atoms with E-state index in [1.165, 1.54) is 12.1 Å². The summed E-state index contributed by atoms with van der Waals surface area (Å²) in [6, 6.07) is 4.66. The molecule has 1 aromatic rings. The van der Waals surface area contributed by atoms with E-state index in [-0.39, 0.29) is 17.9 Å². The van der Waals surface area contributed by atoms with Crippen LogP contribution in [0, 0.1) is 0 Å². The summed E-state index contributed by atoms with van der Waals surface area (Å²) in [5.41, 5.74) is -1.18. The molecule has 0 aromatic heterocycles. The highest BCUT2D eigenvalue weighted by molar-refractivity contribution is 5.94. The molecule has 1 saturated heterocycles. The monoisotopic (exact) mass is 440 g/mol. The Labute approximate surface area is 179 Å². The van der Waals surface area contributed by atoms with Gasteiger partial charge in [0.1, 0.15) is 5.60 Å². The lowest BCUT2D eigenvalue weighted by Crippen LogP contribution is -2.41. The van der Waals surface area contributed by atoms with Gasteiger partial charge in [0.15, 0.2) is 0 Å². The number of hydrogen-bond donors (Lipinski definition) is 1. The van der Waals surface area contributed by atoms with Crippen LogP contribution in [-0.4, -0.2) is 56.2 Å². The fourth-order valence-corrected chi connectivity index (χ4v) is 3.67. The number of nitrogens with zero attached hydrogens (tertiary/aromatic N) is 1. The van der Waals surface area contributed by atoms with E-state index in [4.69, 9.17) is 9.47 Å². The summed E-state index contributed by atoms with van der Waals surface area (Å²) in [5.74, 6) is -1.03. The normalized spacial score (nSPS) is 18.7. The van der Waals surface area contributed by atoms with Gasteiger partial charge < -0.3 is 14.8 Å². The van der Waals surface area contributed by atoms with Gasteiger partial charge in [0.25, 0.3) is 0 Å². The van der Waals surface area contributed by atoms with Crippen molar-refractivity contribution >= 4 is 11.9 Å². The Morgan fingerprint density at radius 2 is 1.81 bits per heavy atom. The van der Waals surface area contributed by atoms with Crippen molar-refractivity contribution in [3.05, 3.63) is 47.5 Å². The Balaban J connectivity index is 1.49. The number of nitrogens with one attached hydrogen (secondary N) is 1. The molecule has 0 bridgehead atoms. The fourth-order valence-electron chi connectivity index (χ4n) is 3.67. The van der Waals surface area contributed by atoms with Crippen molar-refractivity contribution in [3.8, 4) is 0 Å². The van der Waals surface area contributed by atoms with Crippen LogP contribution in [0.1, 0.15) is 36.8 Å². The SMILES string of the molecule is C=C(CC(=O)NCCN1CCOCC1)C(=O)OC1(c2ccc(C(F)(F)F)cc2)CCC1. The molecule has 1 saturated carbocycles. The third-order valence-corrected chi connectivity index (χ3v) is 5.70. The van der Waals surface area contributed by atoms with E-state index in [1.807, 2.05) is 0 Å².